The van der Waals surface area contributed by atoms with Crippen LogP contribution in [0.15, 0.2) is 29.6 Å². The molecule has 4 nitrogen and oxygen atoms in total. The van der Waals surface area contributed by atoms with Crippen LogP contribution in [-0.4, -0.2) is 29.9 Å². The number of hydrogen-bond donors (Lipinski definition) is 2. The third-order valence-electron chi connectivity index (χ3n) is 2.89. The van der Waals surface area contributed by atoms with Gasteiger partial charge in [-0.25, -0.2) is 18.2 Å². The minimum absolute atomic E-state index is 0. The van der Waals surface area contributed by atoms with Crippen LogP contribution in [0.2, 0.25) is 0 Å². The summed E-state index contributed by atoms with van der Waals surface area (Å²) in [5, 5.41) is 4.06. The van der Waals surface area contributed by atoms with E-state index in [0.717, 1.165) is 0 Å². The molecule has 2 aromatic rings. The maximum absolute atomic E-state index is 13.5. The summed E-state index contributed by atoms with van der Waals surface area (Å²) in [7, 11) is 0. The predicted octanol–water partition coefficient (Wildman–Crippen LogP) is 3.04. The Morgan fingerprint density at radius 3 is 2.58 bits per heavy atom. The Kier molecular flexibility index (Phi) is 9.27. The van der Waals surface area contributed by atoms with Crippen molar-refractivity contribution < 1.29 is 18.0 Å². The van der Waals surface area contributed by atoms with Gasteiger partial charge in [-0.15, -0.1) is 36.2 Å². The molecule has 0 spiro atoms. The summed E-state index contributed by atoms with van der Waals surface area (Å²) < 4.78 is 39.5. The molecule has 1 heterocycles. The minimum atomic E-state index is -3.15. The lowest BCUT2D eigenvalue weighted by Crippen LogP contribution is -2.41. The summed E-state index contributed by atoms with van der Waals surface area (Å²) in [6.45, 7) is -1.69. The Bertz CT molecular complexity index is 670. The summed E-state index contributed by atoms with van der Waals surface area (Å²) in [6, 6.07) is 6.25. The van der Waals surface area contributed by atoms with Gasteiger partial charge in [0.1, 0.15) is 11.5 Å². The number of nitrogens with zero attached hydrogens (tertiary/aromatic N) is 1. The number of nitrogens with two attached hydrogens (primary N) is 1. The highest BCUT2D eigenvalue weighted by Crippen LogP contribution is 2.17. The average Bonchev–Trinajstić information content (AvgIpc) is 2.96. The van der Waals surface area contributed by atoms with Crippen LogP contribution >= 0.6 is 36.2 Å². The van der Waals surface area contributed by atoms with Crippen LogP contribution in [0.25, 0.3) is 0 Å². The molecule has 0 saturated carbocycles. The van der Waals surface area contributed by atoms with Gasteiger partial charge in [0, 0.05) is 11.8 Å². The summed E-state index contributed by atoms with van der Waals surface area (Å²) in [6.07, 6.45) is 0.240. The lowest BCUT2D eigenvalue weighted by molar-refractivity contribution is 0.0118. The highest BCUT2D eigenvalue weighted by atomic mass is 35.5. The first-order valence-electron chi connectivity index (χ1n) is 6.45. The zero-order valence-electron chi connectivity index (χ0n) is 12.3. The maximum Gasteiger partial charge on any atom is 0.277 e. The molecule has 1 aromatic carbocycles. The third kappa shape index (κ3) is 6.27. The molecule has 0 saturated heterocycles. The monoisotopic (exact) mass is 401 g/mol. The molecule has 134 valence electrons. The molecule has 0 atom stereocenters. The predicted molar refractivity (Wildman–Crippen MR) is 92.2 cm³/mol. The Morgan fingerprint density at radius 1 is 1.29 bits per heavy atom. The van der Waals surface area contributed by atoms with E-state index in [9.17, 15) is 18.0 Å². The number of rotatable bonds is 6. The number of carbonyl (C=O) groups excluding carboxylic acids is 1. The third-order valence-corrected chi connectivity index (χ3v) is 3.74. The van der Waals surface area contributed by atoms with Gasteiger partial charge in [0.2, 0.25) is 0 Å². The van der Waals surface area contributed by atoms with Crippen LogP contribution in [0.4, 0.5) is 13.2 Å². The molecule has 0 fully saturated rings. The molecule has 0 aliphatic rings. The molecular formula is C14H16Cl2F3N3OS. The fourth-order valence-corrected chi connectivity index (χ4v) is 2.47. The molecular weight excluding hydrogens is 386 g/mol. The van der Waals surface area contributed by atoms with Crippen LogP contribution in [0, 0.1) is 5.82 Å². The van der Waals surface area contributed by atoms with Gasteiger partial charge in [0.15, 0.2) is 0 Å². The fourth-order valence-electron chi connectivity index (χ4n) is 1.67. The van der Waals surface area contributed by atoms with Crippen molar-refractivity contribution in [3.8, 4) is 0 Å². The summed E-state index contributed by atoms with van der Waals surface area (Å²) in [4.78, 5) is 15.8. The van der Waals surface area contributed by atoms with Crippen molar-refractivity contribution >= 4 is 42.1 Å². The first-order valence-corrected chi connectivity index (χ1v) is 7.33. The van der Waals surface area contributed by atoms with Crippen molar-refractivity contribution in [2.45, 2.75) is 12.3 Å². The molecule has 0 unspecified atom stereocenters. The molecule has 0 aliphatic heterocycles. The first kappa shape index (κ1) is 22.6. The number of amides is 1. The second-order valence-electron chi connectivity index (χ2n) is 4.64. The summed E-state index contributed by atoms with van der Waals surface area (Å²) >= 11 is 1.17. The van der Waals surface area contributed by atoms with Crippen LogP contribution in [0.5, 0.6) is 0 Å². The first-order chi connectivity index (χ1) is 10.4. The number of hydrogen-bond acceptors (Lipinski definition) is 4. The number of nitrogens with one attached hydrogen (secondary N) is 1. The summed E-state index contributed by atoms with van der Waals surface area (Å²) in [5.74, 6) is -4.21. The molecule has 0 aliphatic carbocycles. The highest BCUT2D eigenvalue weighted by Gasteiger charge is 2.27. The number of benzene rings is 1. The Hall–Kier alpha value is -1.35. The van der Waals surface area contributed by atoms with Crippen molar-refractivity contribution in [3.63, 3.8) is 0 Å². The average molecular weight is 402 g/mol. The molecule has 1 aromatic heterocycles. The van der Waals surface area contributed by atoms with E-state index < -0.39 is 24.9 Å². The zero-order valence-corrected chi connectivity index (χ0v) is 14.7. The van der Waals surface area contributed by atoms with Gasteiger partial charge < -0.3 is 11.1 Å². The van der Waals surface area contributed by atoms with Crippen LogP contribution in [-0.2, 0) is 6.42 Å². The number of alkyl halides is 2. The van der Waals surface area contributed by atoms with Crippen LogP contribution in [0.1, 0.15) is 21.1 Å². The van der Waals surface area contributed by atoms with E-state index in [2.05, 4.69) is 10.3 Å². The number of halogens is 5. The van der Waals surface area contributed by atoms with Crippen LogP contribution in [0.3, 0.4) is 0 Å². The topological polar surface area (TPSA) is 68.0 Å². The molecule has 1 amide bonds. The van der Waals surface area contributed by atoms with Gasteiger partial charge in [-0.2, -0.15) is 0 Å². The van der Waals surface area contributed by atoms with Crippen molar-refractivity contribution in [2.24, 2.45) is 5.73 Å². The Balaban J connectivity index is 0.00000264. The van der Waals surface area contributed by atoms with Gasteiger partial charge in [-0.05, 0) is 11.6 Å². The lowest BCUT2D eigenvalue weighted by Gasteiger charge is -2.13. The van der Waals surface area contributed by atoms with E-state index in [-0.39, 0.29) is 42.7 Å². The van der Waals surface area contributed by atoms with Gasteiger partial charge in [0.25, 0.3) is 11.8 Å². The largest absolute Gasteiger partial charge is 0.345 e. The number of aromatic nitrogens is 1. The quantitative estimate of drug-likeness (QED) is 0.781. The molecule has 3 N–H and O–H groups in total. The minimum Gasteiger partial charge on any atom is -0.345 e. The van der Waals surface area contributed by atoms with E-state index in [1.165, 1.54) is 22.8 Å². The van der Waals surface area contributed by atoms with E-state index >= 15 is 0 Å². The molecule has 0 radical (unpaired) electrons. The normalized spacial score (nSPS) is 10.5. The zero-order chi connectivity index (χ0) is 16.2. The molecule has 24 heavy (non-hydrogen) atoms. The van der Waals surface area contributed by atoms with E-state index in [1.54, 1.807) is 18.2 Å². The Morgan fingerprint density at radius 2 is 1.96 bits per heavy atom. The van der Waals surface area contributed by atoms with E-state index in [1.807, 2.05) is 0 Å². The maximum atomic E-state index is 13.5. The van der Waals surface area contributed by atoms with Gasteiger partial charge in [-0.3, -0.25) is 4.79 Å². The van der Waals surface area contributed by atoms with Gasteiger partial charge in [0.05, 0.1) is 18.1 Å². The van der Waals surface area contributed by atoms with Crippen molar-refractivity contribution in [2.75, 3.05) is 13.1 Å². The van der Waals surface area contributed by atoms with E-state index in [0.29, 0.717) is 10.6 Å². The van der Waals surface area contributed by atoms with Crippen molar-refractivity contribution in [3.05, 3.63) is 51.7 Å². The second kappa shape index (κ2) is 9.83. The molecule has 0 bridgehead atoms. The highest BCUT2D eigenvalue weighted by molar-refractivity contribution is 7.09. The van der Waals surface area contributed by atoms with Gasteiger partial charge in [-0.1, -0.05) is 18.2 Å². The summed E-state index contributed by atoms with van der Waals surface area (Å²) in [5.41, 5.74) is 5.37. The van der Waals surface area contributed by atoms with Gasteiger partial charge >= 0.3 is 0 Å². The van der Waals surface area contributed by atoms with Crippen molar-refractivity contribution in [1.82, 2.24) is 10.3 Å². The van der Waals surface area contributed by atoms with Crippen molar-refractivity contribution in [1.29, 1.82) is 0 Å². The fraction of sp³-hybridized carbons (Fsp3) is 0.286. The standard InChI is InChI=1S/C14H14F3N3OS.2ClH/c15-10-4-2-1-3-9(10)5-12-20-11(6-22-12)13(21)19-8-14(16,17)7-18;;/h1-4,6H,5,7-8,18H2,(H,19,21);2*1H. The lowest BCUT2D eigenvalue weighted by atomic mass is 10.1. The van der Waals surface area contributed by atoms with E-state index in [4.69, 9.17) is 5.73 Å². The Labute approximate surface area is 153 Å². The van der Waals surface area contributed by atoms with Crippen LogP contribution < -0.4 is 11.1 Å². The number of carbonyl (C=O) groups is 1. The second-order valence-corrected chi connectivity index (χ2v) is 5.58. The molecule has 2 rings (SSSR count). The smallest absolute Gasteiger partial charge is 0.277 e. The SMILES string of the molecule is Cl.Cl.NCC(F)(F)CNC(=O)c1csc(Cc2ccccc2F)n1. The molecule has 10 heteroatoms. The number of thiazole rings is 1.